The van der Waals surface area contributed by atoms with Gasteiger partial charge < -0.3 is 19.9 Å². The fraction of sp³-hybridized carbons (Fsp3) is 0.538. The topological polar surface area (TPSA) is 53.7 Å². The molecule has 0 radical (unpaired) electrons. The van der Waals surface area contributed by atoms with Crippen molar-refractivity contribution in [3.63, 3.8) is 0 Å². The summed E-state index contributed by atoms with van der Waals surface area (Å²) in [6, 6.07) is 5.49. The molecule has 1 aliphatic rings. The minimum absolute atomic E-state index is 0.530. The molecule has 0 aromatic heterocycles. The van der Waals surface area contributed by atoms with E-state index in [9.17, 15) is 0 Å². The molecular formula is C13H19NO3. The molecule has 0 unspecified atom stereocenters. The van der Waals surface area contributed by atoms with E-state index >= 15 is 0 Å². The highest BCUT2D eigenvalue weighted by Crippen LogP contribution is 2.32. The Morgan fingerprint density at radius 2 is 2.06 bits per heavy atom. The first-order chi connectivity index (χ1) is 8.29. The molecule has 0 atom stereocenters. The van der Waals surface area contributed by atoms with Gasteiger partial charge in [0.25, 0.3) is 0 Å². The Labute approximate surface area is 102 Å². The molecule has 1 aromatic carbocycles. The summed E-state index contributed by atoms with van der Waals surface area (Å²) in [6.07, 6.45) is 2.54. The number of hydrogen-bond donors (Lipinski definition) is 1. The van der Waals surface area contributed by atoms with E-state index in [2.05, 4.69) is 0 Å². The van der Waals surface area contributed by atoms with E-state index < -0.39 is 0 Å². The summed E-state index contributed by atoms with van der Waals surface area (Å²) in [5.41, 5.74) is 6.50. The van der Waals surface area contributed by atoms with Gasteiger partial charge in [0.2, 0.25) is 0 Å². The van der Waals surface area contributed by atoms with Crippen molar-refractivity contribution in [2.75, 3.05) is 32.7 Å². The van der Waals surface area contributed by atoms with E-state index in [1.165, 1.54) is 12.8 Å². The van der Waals surface area contributed by atoms with Crippen molar-refractivity contribution in [2.24, 2.45) is 5.92 Å². The van der Waals surface area contributed by atoms with Gasteiger partial charge in [-0.05, 0) is 30.9 Å². The number of nitrogens with two attached hydrogens (primary N) is 1. The molecule has 1 aromatic rings. The summed E-state index contributed by atoms with van der Waals surface area (Å²) in [4.78, 5) is 0. The number of methoxy groups -OCH3 is 1. The van der Waals surface area contributed by atoms with Crippen LogP contribution in [-0.2, 0) is 4.74 Å². The first kappa shape index (κ1) is 12.0. The van der Waals surface area contributed by atoms with Gasteiger partial charge in [-0.15, -0.1) is 0 Å². The molecule has 0 aliphatic heterocycles. The Morgan fingerprint density at radius 1 is 1.24 bits per heavy atom. The van der Waals surface area contributed by atoms with Gasteiger partial charge >= 0.3 is 0 Å². The van der Waals surface area contributed by atoms with Gasteiger partial charge in [-0.2, -0.15) is 0 Å². The van der Waals surface area contributed by atoms with Gasteiger partial charge in [0.05, 0.1) is 18.9 Å². The molecule has 0 heterocycles. The van der Waals surface area contributed by atoms with E-state index in [4.69, 9.17) is 19.9 Å². The highest BCUT2D eigenvalue weighted by atomic mass is 16.5. The van der Waals surface area contributed by atoms with Crippen molar-refractivity contribution in [1.82, 2.24) is 0 Å². The van der Waals surface area contributed by atoms with Crippen LogP contribution in [0.1, 0.15) is 12.8 Å². The van der Waals surface area contributed by atoms with E-state index in [1.807, 2.05) is 18.2 Å². The second-order valence-corrected chi connectivity index (χ2v) is 4.30. The Balaban J connectivity index is 1.90. The fourth-order valence-electron chi connectivity index (χ4n) is 1.46. The number of benzene rings is 1. The lowest BCUT2D eigenvalue weighted by atomic mass is 10.3. The number of anilines is 1. The molecule has 2 N–H and O–H groups in total. The summed E-state index contributed by atoms with van der Waals surface area (Å²) >= 11 is 0. The molecule has 0 bridgehead atoms. The molecule has 1 aliphatic carbocycles. The zero-order chi connectivity index (χ0) is 12.1. The molecule has 0 saturated heterocycles. The van der Waals surface area contributed by atoms with Gasteiger partial charge in [-0.3, -0.25) is 0 Å². The number of hydrogen-bond acceptors (Lipinski definition) is 4. The molecular weight excluding hydrogens is 218 g/mol. The van der Waals surface area contributed by atoms with Crippen molar-refractivity contribution in [1.29, 1.82) is 0 Å². The molecule has 94 valence electrons. The fourth-order valence-corrected chi connectivity index (χ4v) is 1.46. The van der Waals surface area contributed by atoms with Crippen LogP contribution >= 0.6 is 0 Å². The summed E-state index contributed by atoms with van der Waals surface area (Å²) in [5, 5.41) is 0. The maximum atomic E-state index is 5.85. The first-order valence-corrected chi connectivity index (χ1v) is 5.93. The predicted octanol–water partition coefficient (Wildman–Crippen LogP) is 2.08. The highest BCUT2D eigenvalue weighted by molar-refractivity contribution is 5.55. The van der Waals surface area contributed by atoms with Crippen LogP contribution in [0.2, 0.25) is 0 Å². The second kappa shape index (κ2) is 5.77. The van der Waals surface area contributed by atoms with Crippen LogP contribution in [0.4, 0.5) is 5.69 Å². The van der Waals surface area contributed by atoms with Crippen molar-refractivity contribution >= 4 is 5.69 Å². The lowest BCUT2D eigenvalue weighted by Crippen LogP contribution is -2.05. The van der Waals surface area contributed by atoms with E-state index in [1.54, 1.807) is 7.11 Å². The first-order valence-electron chi connectivity index (χ1n) is 5.93. The quantitative estimate of drug-likeness (QED) is 0.582. The van der Waals surface area contributed by atoms with E-state index in [0.29, 0.717) is 30.6 Å². The maximum Gasteiger partial charge on any atom is 0.145 e. The third-order valence-electron chi connectivity index (χ3n) is 2.71. The van der Waals surface area contributed by atoms with Gasteiger partial charge in [0, 0.05) is 13.2 Å². The summed E-state index contributed by atoms with van der Waals surface area (Å²) in [6.45, 7) is 1.86. The van der Waals surface area contributed by atoms with E-state index in [-0.39, 0.29) is 0 Å². The molecule has 2 rings (SSSR count). The monoisotopic (exact) mass is 237 g/mol. The number of nitrogen functional groups attached to an aromatic ring is 1. The molecule has 4 heteroatoms. The lowest BCUT2D eigenvalue weighted by molar-refractivity contribution is 0.146. The van der Waals surface area contributed by atoms with Crippen LogP contribution in [0.3, 0.4) is 0 Å². The van der Waals surface area contributed by atoms with E-state index in [0.717, 1.165) is 12.4 Å². The Hall–Kier alpha value is -1.42. The van der Waals surface area contributed by atoms with Gasteiger partial charge in [-0.25, -0.2) is 0 Å². The Morgan fingerprint density at radius 3 is 2.76 bits per heavy atom. The van der Waals surface area contributed by atoms with Crippen LogP contribution in [0.15, 0.2) is 18.2 Å². The third kappa shape index (κ3) is 3.82. The number of rotatable bonds is 7. The smallest absolute Gasteiger partial charge is 0.145 e. The summed E-state index contributed by atoms with van der Waals surface area (Å²) < 4.78 is 16.1. The van der Waals surface area contributed by atoms with Crippen LogP contribution in [0.25, 0.3) is 0 Å². The van der Waals surface area contributed by atoms with Crippen LogP contribution in [0.5, 0.6) is 11.5 Å². The SMILES string of the molecule is COCCOc1ccc(N)c(OCC2CC2)c1. The Kier molecular flexibility index (Phi) is 4.09. The number of ether oxygens (including phenoxy) is 3. The van der Waals surface area contributed by atoms with Crippen LogP contribution in [-0.4, -0.2) is 26.9 Å². The summed E-state index contributed by atoms with van der Waals surface area (Å²) in [7, 11) is 1.65. The van der Waals surface area contributed by atoms with Crippen LogP contribution in [0, 0.1) is 5.92 Å². The highest BCUT2D eigenvalue weighted by Gasteiger charge is 2.22. The maximum absolute atomic E-state index is 5.85. The lowest BCUT2D eigenvalue weighted by Gasteiger charge is -2.11. The molecule has 4 nitrogen and oxygen atoms in total. The van der Waals surface area contributed by atoms with Crippen molar-refractivity contribution in [3.8, 4) is 11.5 Å². The zero-order valence-corrected chi connectivity index (χ0v) is 10.1. The normalized spacial score (nSPS) is 14.6. The standard InChI is InChI=1S/C13H19NO3/c1-15-6-7-16-11-4-5-12(14)13(8-11)17-9-10-2-3-10/h4-5,8,10H,2-3,6-7,9,14H2,1H3. The minimum Gasteiger partial charge on any atom is -0.491 e. The third-order valence-corrected chi connectivity index (χ3v) is 2.71. The predicted molar refractivity (Wildman–Crippen MR) is 66.4 cm³/mol. The van der Waals surface area contributed by atoms with Crippen molar-refractivity contribution in [3.05, 3.63) is 18.2 Å². The zero-order valence-electron chi connectivity index (χ0n) is 10.1. The van der Waals surface area contributed by atoms with Gasteiger partial charge in [-0.1, -0.05) is 0 Å². The molecule has 1 fully saturated rings. The minimum atomic E-state index is 0.530. The average Bonchev–Trinajstić information content (AvgIpc) is 3.14. The second-order valence-electron chi connectivity index (χ2n) is 4.30. The molecule has 17 heavy (non-hydrogen) atoms. The van der Waals surface area contributed by atoms with Crippen molar-refractivity contribution in [2.45, 2.75) is 12.8 Å². The van der Waals surface area contributed by atoms with Crippen LogP contribution < -0.4 is 15.2 Å². The van der Waals surface area contributed by atoms with Crippen molar-refractivity contribution < 1.29 is 14.2 Å². The summed E-state index contributed by atoms with van der Waals surface area (Å²) in [5.74, 6) is 2.20. The van der Waals surface area contributed by atoms with Gasteiger partial charge in [0.15, 0.2) is 0 Å². The Bertz CT molecular complexity index is 364. The molecule has 0 spiro atoms. The largest absolute Gasteiger partial charge is 0.491 e. The molecule has 1 saturated carbocycles. The molecule has 0 amide bonds. The average molecular weight is 237 g/mol. The van der Waals surface area contributed by atoms with Gasteiger partial charge in [0.1, 0.15) is 18.1 Å².